The minimum atomic E-state index is -0.226. The number of benzene rings is 2. The van der Waals surface area contributed by atoms with Gasteiger partial charge in [0, 0.05) is 5.75 Å². The molecule has 2 N–H and O–H groups in total. The summed E-state index contributed by atoms with van der Waals surface area (Å²) in [5, 5.41) is 1.04. The Kier molecular flexibility index (Phi) is 4.25. The maximum atomic E-state index is 12.4. The van der Waals surface area contributed by atoms with Crippen LogP contribution in [-0.2, 0) is 5.75 Å². The molecule has 2 aromatic carbocycles. The Morgan fingerprint density at radius 1 is 1.22 bits per heavy atom. The summed E-state index contributed by atoms with van der Waals surface area (Å²) in [4.78, 5) is 16.9. The second-order valence-electron chi connectivity index (χ2n) is 5.23. The quantitative estimate of drug-likeness (QED) is 0.453. The molecule has 0 radical (unpaired) electrons. The lowest BCUT2D eigenvalue weighted by molar-refractivity contribution is 0.414. The molecule has 0 amide bonds. The molecule has 23 heavy (non-hydrogen) atoms. The summed E-state index contributed by atoms with van der Waals surface area (Å²) < 4.78 is 6.26. The van der Waals surface area contributed by atoms with Gasteiger partial charge in [-0.15, -0.1) is 0 Å². The van der Waals surface area contributed by atoms with Gasteiger partial charge in [0.15, 0.2) is 5.16 Å². The normalized spacial score (nSPS) is 10.9. The molecule has 118 valence electrons. The number of aromatic nitrogens is 2. The highest BCUT2D eigenvalue weighted by Gasteiger charge is 2.10. The van der Waals surface area contributed by atoms with Crippen LogP contribution in [0.3, 0.4) is 0 Å². The van der Waals surface area contributed by atoms with Gasteiger partial charge in [-0.05, 0) is 36.8 Å². The lowest BCUT2D eigenvalue weighted by atomic mass is 10.2. The molecular formula is C17H17N3O2S. The van der Waals surface area contributed by atoms with E-state index >= 15 is 0 Å². The molecule has 0 bridgehead atoms. The number of methoxy groups -OCH3 is 1. The highest BCUT2D eigenvalue weighted by atomic mass is 32.2. The lowest BCUT2D eigenvalue weighted by Crippen LogP contribution is -2.29. The predicted molar refractivity (Wildman–Crippen MR) is 93.4 cm³/mol. The Hall–Kier alpha value is -2.47. The average molecular weight is 327 g/mol. The summed E-state index contributed by atoms with van der Waals surface area (Å²) in [6, 6.07) is 13.4. The van der Waals surface area contributed by atoms with Crippen LogP contribution in [0.5, 0.6) is 5.75 Å². The summed E-state index contributed by atoms with van der Waals surface area (Å²) in [6.45, 7) is 1.94. The van der Waals surface area contributed by atoms with Crippen LogP contribution < -0.4 is 16.1 Å². The van der Waals surface area contributed by atoms with E-state index in [1.54, 1.807) is 7.11 Å². The SMILES string of the molecule is COc1ccc(CSc2nc3ccc(C)cc3c(=O)n2N)cc1. The van der Waals surface area contributed by atoms with Crippen molar-refractivity contribution in [1.29, 1.82) is 0 Å². The number of nitrogen functional groups attached to an aromatic ring is 1. The van der Waals surface area contributed by atoms with Crippen molar-refractivity contribution in [3.05, 3.63) is 63.9 Å². The predicted octanol–water partition coefficient (Wildman–Crippen LogP) is 2.72. The van der Waals surface area contributed by atoms with E-state index in [2.05, 4.69) is 4.98 Å². The van der Waals surface area contributed by atoms with E-state index in [1.165, 1.54) is 11.8 Å². The molecule has 1 heterocycles. The zero-order valence-corrected chi connectivity index (χ0v) is 13.8. The number of hydrogen-bond acceptors (Lipinski definition) is 5. The van der Waals surface area contributed by atoms with Gasteiger partial charge in [-0.3, -0.25) is 4.79 Å². The van der Waals surface area contributed by atoms with Crippen LogP contribution in [-0.4, -0.2) is 16.8 Å². The molecule has 0 unspecified atom stereocenters. The lowest BCUT2D eigenvalue weighted by Gasteiger charge is -2.09. The topological polar surface area (TPSA) is 70.1 Å². The summed E-state index contributed by atoms with van der Waals surface area (Å²) >= 11 is 1.43. The van der Waals surface area contributed by atoms with Gasteiger partial charge in [-0.25, -0.2) is 9.66 Å². The molecule has 0 aliphatic heterocycles. The first-order valence-electron chi connectivity index (χ1n) is 7.12. The van der Waals surface area contributed by atoms with Crippen molar-refractivity contribution in [2.24, 2.45) is 0 Å². The molecule has 0 saturated carbocycles. The van der Waals surface area contributed by atoms with Crippen LogP contribution in [0.1, 0.15) is 11.1 Å². The number of nitrogens with two attached hydrogens (primary N) is 1. The molecule has 3 rings (SSSR count). The molecule has 1 aromatic heterocycles. The summed E-state index contributed by atoms with van der Waals surface area (Å²) in [5.74, 6) is 7.39. The Balaban J connectivity index is 1.89. The van der Waals surface area contributed by atoms with Crippen molar-refractivity contribution in [3.63, 3.8) is 0 Å². The molecular weight excluding hydrogens is 310 g/mol. The van der Waals surface area contributed by atoms with E-state index in [9.17, 15) is 4.79 Å². The van der Waals surface area contributed by atoms with Crippen molar-refractivity contribution in [2.75, 3.05) is 13.0 Å². The number of hydrogen-bond donors (Lipinski definition) is 1. The van der Waals surface area contributed by atoms with Gasteiger partial charge in [-0.1, -0.05) is 35.5 Å². The molecule has 5 nitrogen and oxygen atoms in total. The molecule has 6 heteroatoms. The second-order valence-corrected chi connectivity index (χ2v) is 6.17. The highest BCUT2D eigenvalue weighted by Crippen LogP contribution is 2.22. The van der Waals surface area contributed by atoms with Crippen molar-refractivity contribution < 1.29 is 4.74 Å². The molecule has 0 saturated heterocycles. The number of rotatable bonds is 4. The van der Waals surface area contributed by atoms with Gasteiger partial charge in [0.1, 0.15) is 5.75 Å². The maximum Gasteiger partial charge on any atom is 0.280 e. The van der Waals surface area contributed by atoms with Gasteiger partial charge < -0.3 is 10.6 Å². The summed E-state index contributed by atoms with van der Waals surface area (Å²) in [7, 11) is 1.64. The smallest absolute Gasteiger partial charge is 0.280 e. The third-order valence-corrected chi connectivity index (χ3v) is 4.57. The van der Waals surface area contributed by atoms with Crippen molar-refractivity contribution in [3.8, 4) is 5.75 Å². The monoisotopic (exact) mass is 327 g/mol. The van der Waals surface area contributed by atoms with Gasteiger partial charge in [-0.2, -0.15) is 0 Å². The van der Waals surface area contributed by atoms with Gasteiger partial charge >= 0.3 is 0 Å². The Morgan fingerprint density at radius 3 is 2.65 bits per heavy atom. The minimum Gasteiger partial charge on any atom is -0.497 e. The van der Waals surface area contributed by atoms with E-state index < -0.39 is 0 Å². The highest BCUT2D eigenvalue weighted by molar-refractivity contribution is 7.98. The van der Waals surface area contributed by atoms with Crippen LogP contribution >= 0.6 is 11.8 Å². The molecule has 0 spiro atoms. The van der Waals surface area contributed by atoms with Gasteiger partial charge in [0.2, 0.25) is 0 Å². The van der Waals surface area contributed by atoms with E-state index in [4.69, 9.17) is 10.6 Å². The van der Waals surface area contributed by atoms with Gasteiger partial charge in [0.25, 0.3) is 5.56 Å². The summed E-state index contributed by atoms with van der Waals surface area (Å²) in [5.41, 5.74) is 2.56. The van der Waals surface area contributed by atoms with Crippen molar-refractivity contribution >= 4 is 22.7 Å². The van der Waals surface area contributed by atoms with E-state index in [-0.39, 0.29) is 5.56 Å². The number of nitrogens with zero attached hydrogens (tertiary/aromatic N) is 2. The number of fused-ring (bicyclic) bond motifs is 1. The van der Waals surface area contributed by atoms with Crippen molar-refractivity contribution in [1.82, 2.24) is 9.66 Å². The molecule has 3 aromatic rings. The second kappa shape index (κ2) is 6.34. The van der Waals surface area contributed by atoms with Crippen LogP contribution in [0.2, 0.25) is 0 Å². The molecule has 0 aliphatic rings. The number of thioether (sulfide) groups is 1. The first-order chi connectivity index (χ1) is 11.1. The third kappa shape index (κ3) is 3.17. The van der Waals surface area contributed by atoms with Crippen LogP contribution in [0.25, 0.3) is 10.9 Å². The zero-order chi connectivity index (χ0) is 16.4. The fourth-order valence-electron chi connectivity index (χ4n) is 2.26. The van der Waals surface area contributed by atoms with E-state index in [0.717, 1.165) is 21.6 Å². The van der Waals surface area contributed by atoms with Crippen LogP contribution in [0, 0.1) is 6.92 Å². The first kappa shape index (κ1) is 15.4. The minimum absolute atomic E-state index is 0.226. The van der Waals surface area contributed by atoms with Crippen molar-refractivity contribution in [2.45, 2.75) is 17.8 Å². The maximum absolute atomic E-state index is 12.4. The Morgan fingerprint density at radius 2 is 1.96 bits per heavy atom. The Bertz CT molecular complexity index is 904. The third-order valence-electron chi connectivity index (χ3n) is 3.55. The standard InChI is InChI=1S/C17H17N3O2S/c1-11-3-8-15-14(9-11)16(21)20(18)17(19-15)23-10-12-4-6-13(22-2)7-5-12/h3-9H,10,18H2,1-2H3. The van der Waals surface area contributed by atoms with E-state index in [0.29, 0.717) is 21.8 Å². The number of ether oxygens (including phenoxy) is 1. The Labute approximate surface area is 138 Å². The molecule has 0 atom stereocenters. The number of aryl methyl sites for hydroxylation is 1. The largest absolute Gasteiger partial charge is 0.497 e. The zero-order valence-electron chi connectivity index (χ0n) is 12.9. The van der Waals surface area contributed by atoms with E-state index in [1.807, 2.05) is 49.4 Å². The summed E-state index contributed by atoms with van der Waals surface area (Å²) in [6.07, 6.45) is 0. The fraction of sp³-hybridized carbons (Fsp3) is 0.176. The molecule has 0 fully saturated rings. The fourth-order valence-corrected chi connectivity index (χ4v) is 3.14. The first-order valence-corrected chi connectivity index (χ1v) is 8.11. The van der Waals surface area contributed by atoms with Crippen LogP contribution in [0.4, 0.5) is 0 Å². The average Bonchev–Trinajstić information content (AvgIpc) is 2.58. The van der Waals surface area contributed by atoms with Gasteiger partial charge in [0.05, 0.1) is 18.0 Å². The van der Waals surface area contributed by atoms with Crippen LogP contribution in [0.15, 0.2) is 52.4 Å². The molecule has 0 aliphatic carbocycles.